The maximum absolute atomic E-state index is 13.8. The van der Waals surface area contributed by atoms with Crippen LogP contribution in [0.25, 0.3) is 11.0 Å². The molecule has 1 aliphatic rings. The SMILES string of the molecule is O=C(O)CCc1ccc2c(c1)nc(Nc1ccc(OC(F)(F)F)cc1)n2[C@H]1CCc2cc(F)ccc21. The number of halogens is 4. The number of aromatic nitrogens is 2. The first-order chi connectivity index (χ1) is 17.2. The Bertz CT molecular complexity index is 1430. The number of aryl methyl sites for hydroxylation is 2. The molecule has 6 nitrogen and oxygen atoms in total. The molecule has 0 unspecified atom stereocenters. The van der Waals surface area contributed by atoms with Gasteiger partial charge in [-0.1, -0.05) is 12.1 Å². The van der Waals surface area contributed by atoms with E-state index in [-0.39, 0.29) is 24.0 Å². The van der Waals surface area contributed by atoms with Crippen LogP contribution in [0.3, 0.4) is 0 Å². The lowest BCUT2D eigenvalue weighted by Gasteiger charge is -2.19. The summed E-state index contributed by atoms with van der Waals surface area (Å²) in [5.41, 5.74) is 4.67. The topological polar surface area (TPSA) is 76.4 Å². The van der Waals surface area contributed by atoms with Crippen LogP contribution in [-0.2, 0) is 17.6 Å². The lowest BCUT2D eigenvalue weighted by molar-refractivity contribution is -0.274. The first-order valence-corrected chi connectivity index (χ1v) is 11.3. The Kier molecular flexibility index (Phi) is 6.03. The first kappa shape index (κ1) is 23.7. The third-order valence-electron chi connectivity index (χ3n) is 6.19. The fourth-order valence-electron chi connectivity index (χ4n) is 4.66. The fraction of sp³-hybridized carbons (Fsp3) is 0.231. The summed E-state index contributed by atoms with van der Waals surface area (Å²) in [4.78, 5) is 15.7. The van der Waals surface area contributed by atoms with Gasteiger partial charge in [-0.25, -0.2) is 9.37 Å². The van der Waals surface area contributed by atoms with E-state index < -0.39 is 12.3 Å². The van der Waals surface area contributed by atoms with Crippen molar-refractivity contribution in [3.8, 4) is 5.75 Å². The third-order valence-corrected chi connectivity index (χ3v) is 6.19. The molecule has 0 aliphatic heterocycles. The van der Waals surface area contributed by atoms with Gasteiger partial charge in [0.1, 0.15) is 11.6 Å². The van der Waals surface area contributed by atoms with Crippen molar-refractivity contribution in [2.45, 2.75) is 38.1 Å². The van der Waals surface area contributed by atoms with Gasteiger partial charge in [0.15, 0.2) is 0 Å². The smallest absolute Gasteiger partial charge is 0.481 e. The largest absolute Gasteiger partial charge is 0.573 e. The molecule has 1 aromatic heterocycles. The van der Waals surface area contributed by atoms with Crippen LogP contribution in [-0.4, -0.2) is 27.0 Å². The van der Waals surface area contributed by atoms with Gasteiger partial charge in [-0.05, 0) is 84.5 Å². The van der Waals surface area contributed by atoms with Crippen molar-refractivity contribution in [2.75, 3.05) is 5.32 Å². The number of hydrogen-bond acceptors (Lipinski definition) is 4. The summed E-state index contributed by atoms with van der Waals surface area (Å²) in [6, 6.07) is 15.5. The quantitative estimate of drug-likeness (QED) is 0.289. The second-order valence-corrected chi connectivity index (χ2v) is 8.62. The number of nitrogens with one attached hydrogen (secondary N) is 1. The Morgan fingerprint density at radius 3 is 2.61 bits per heavy atom. The lowest BCUT2D eigenvalue weighted by atomic mass is 10.1. The molecule has 3 aromatic carbocycles. The molecule has 0 radical (unpaired) electrons. The molecule has 0 saturated heterocycles. The van der Waals surface area contributed by atoms with Gasteiger partial charge in [-0.15, -0.1) is 13.2 Å². The molecular formula is C26H21F4N3O3. The molecule has 5 rings (SSSR count). The highest BCUT2D eigenvalue weighted by Gasteiger charge is 2.31. The number of hydrogen-bond donors (Lipinski definition) is 2. The summed E-state index contributed by atoms with van der Waals surface area (Å²) in [5, 5.41) is 12.2. The Labute approximate surface area is 203 Å². The standard InChI is InChI=1S/C26H21F4N3O3/c27-17-4-9-20-16(14-17)3-11-22(20)33-23-10-1-15(2-12-24(34)35)13-21(23)32-25(33)31-18-5-7-19(8-6-18)36-26(28,29)30/h1,4-10,13-14,22H,2-3,11-12H2,(H,31,32)(H,34,35)/t22-/m0/s1. The van der Waals surface area contributed by atoms with Crippen LogP contribution < -0.4 is 10.1 Å². The molecular weight excluding hydrogens is 478 g/mol. The van der Waals surface area contributed by atoms with Gasteiger partial charge >= 0.3 is 12.3 Å². The predicted octanol–water partition coefficient (Wildman–Crippen LogP) is 6.37. The van der Waals surface area contributed by atoms with Crippen molar-refractivity contribution in [1.29, 1.82) is 0 Å². The van der Waals surface area contributed by atoms with Crippen LogP contribution in [0.2, 0.25) is 0 Å². The molecule has 2 N–H and O–H groups in total. The Morgan fingerprint density at radius 1 is 1.11 bits per heavy atom. The van der Waals surface area contributed by atoms with Crippen LogP contribution in [0.15, 0.2) is 60.7 Å². The van der Waals surface area contributed by atoms with E-state index >= 15 is 0 Å². The summed E-state index contributed by atoms with van der Waals surface area (Å²) < 4.78 is 57.3. The molecule has 0 spiro atoms. The van der Waals surface area contributed by atoms with Crippen LogP contribution >= 0.6 is 0 Å². The van der Waals surface area contributed by atoms with Crippen molar-refractivity contribution < 1.29 is 32.2 Å². The van der Waals surface area contributed by atoms with E-state index in [1.165, 1.54) is 36.4 Å². The number of rotatable bonds is 7. The monoisotopic (exact) mass is 499 g/mol. The minimum Gasteiger partial charge on any atom is -0.481 e. The van der Waals surface area contributed by atoms with Crippen molar-refractivity contribution in [1.82, 2.24) is 9.55 Å². The number of nitrogens with zero attached hydrogens (tertiary/aromatic N) is 2. The normalized spacial score (nSPS) is 15.2. The molecule has 1 aliphatic carbocycles. The van der Waals surface area contributed by atoms with E-state index in [1.54, 1.807) is 6.07 Å². The van der Waals surface area contributed by atoms with Crippen molar-refractivity contribution in [3.05, 3.63) is 83.2 Å². The highest BCUT2D eigenvalue weighted by atomic mass is 19.4. The average molecular weight is 499 g/mol. The molecule has 1 atom stereocenters. The number of aliphatic carboxylic acids is 1. The van der Waals surface area contributed by atoms with E-state index in [0.717, 1.165) is 28.6 Å². The molecule has 1 heterocycles. The molecule has 0 saturated carbocycles. The van der Waals surface area contributed by atoms with E-state index in [1.807, 2.05) is 22.8 Å². The van der Waals surface area contributed by atoms with Gasteiger partial charge < -0.3 is 19.7 Å². The van der Waals surface area contributed by atoms with Crippen LogP contribution in [0, 0.1) is 5.82 Å². The van der Waals surface area contributed by atoms with E-state index in [4.69, 9.17) is 10.1 Å². The highest BCUT2D eigenvalue weighted by Crippen LogP contribution is 2.40. The zero-order valence-electron chi connectivity index (χ0n) is 18.8. The van der Waals surface area contributed by atoms with Crippen LogP contribution in [0.5, 0.6) is 5.75 Å². The second-order valence-electron chi connectivity index (χ2n) is 8.62. The lowest BCUT2D eigenvalue weighted by Crippen LogP contribution is -2.17. The van der Waals surface area contributed by atoms with E-state index in [2.05, 4.69) is 10.1 Å². The van der Waals surface area contributed by atoms with Crippen LogP contribution in [0.4, 0.5) is 29.2 Å². The molecule has 0 fully saturated rings. The molecule has 4 aromatic rings. The third kappa shape index (κ3) is 4.98. The maximum Gasteiger partial charge on any atom is 0.573 e. The van der Waals surface area contributed by atoms with E-state index in [9.17, 15) is 22.4 Å². The van der Waals surface area contributed by atoms with Gasteiger partial charge in [-0.2, -0.15) is 0 Å². The minimum atomic E-state index is -4.78. The number of ether oxygens (including phenoxy) is 1. The van der Waals surface area contributed by atoms with E-state index in [0.29, 0.717) is 30.0 Å². The molecule has 186 valence electrons. The number of carbonyl (C=O) groups is 1. The number of fused-ring (bicyclic) bond motifs is 2. The zero-order valence-corrected chi connectivity index (χ0v) is 18.8. The number of carboxylic acid groups (broad SMARTS) is 1. The number of benzene rings is 3. The molecule has 10 heteroatoms. The number of anilines is 2. The van der Waals surface area contributed by atoms with Crippen LogP contribution in [0.1, 0.15) is 35.6 Å². The zero-order chi connectivity index (χ0) is 25.4. The second kappa shape index (κ2) is 9.18. The van der Waals surface area contributed by atoms with Crippen molar-refractivity contribution in [2.24, 2.45) is 0 Å². The average Bonchev–Trinajstić information content (AvgIpc) is 3.37. The Balaban J connectivity index is 1.53. The predicted molar refractivity (Wildman–Crippen MR) is 125 cm³/mol. The number of alkyl halides is 3. The molecule has 0 bridgehead atoms. The van der Waals surface area contributed by atoms with Gasteiger partial charge in [0.25, 0.3) is 0 Å². The highest BCUT2D eigenvalue weighted by molar-refractivity contribution is 5.81. The van der Waals surface area contributed by atoms with Gasteiger partial charge in [0.2, 0.25) is 5.95 Å². The van der Waals surface area contributed by atoms with Gasteiger partial charge in [0, 0.05) is 12.1 Å². The summed E-state index contributed by atoms with van der Waals surface area (Å²) in [6.45, 7) is 0. The minimum absolute atomic E-state index is 0.00870. The van der Waals surface area contributed by atoms with Crippen molar-refractivity contribution in [3.63, 3.8) is 0 Å². The maximum atomic E-state index is 13.8. The first-order valence-electron chi connectivity index (χ1n) is 11.3. The Morgan fingerprint density at radius 2 is 1.89 bits per heavy atom. The Hall–Kier alpha value is -4.08. The summed E-state index contributed by atoms with van der Waals surface area (Å²) in [6.07, 6.45) is -3.02. The number of carboxylic acids is 1. The fourth-order valence-corrected chi connectivity index (χ4v) is 4.66. The van der Waals surface area contributed by atoms with Gasteiger partial charge in [0.05, 0.1) is 17.1 Å². The summed E-state index contributed by atoms with van der Waals surface area (Å²) in [5.74, 6) is -1.06. The summed E-state index contributed by atoms with van der Waals surface area (Å²) >= 11 is 0. The summed E-state index contributed by atoms with van der Waals surface area (Å²) in [7, 11) is 0. The number of imidazole rings is 1. The van der Waals surface area contributed by atoms with Crippen molar-refractivity contribution >= 4 is 28.6 Å². The molecule has 36 heavy (non-hydrogen) atoms. The molecule has 0 amide bonds. The van der Waals surface area contributed by atoms with Gasteiger partial charge in [-0.3, -0.25) is 4.79 Å².